The van der Waals surface area contributed by atoms with Gasteiger partial charge in [-0.3, -0.25) is 9.78 Å². The Morgan fingerprint density at radius 2 is 1.70 bits per heavy atom. The van der Waals surface area contributed by atoms with Crippen LogP contribution in [0.3, 0.4) is 0 Å². The molecule has 5 nitrogen and oxygen atoms in total. The number of carbonyl (C=O) groups excluding carboxylic acids is 1. The zero-order chi connectivity index (χ0) is 20.5. The zero-order valence-electron chi connectivity index (χ0n) is 16.6. The molecular weight excluding hydrogens is 394 g/mol. The quantitative estimate of drug-likeness (QED) is 0.509. The van der Waals surface area contributed by atoms with E-state index in [1.54, 1.807) is 11.9 Å². The predicted octanol–water partition coefficient (Wildman–Crippen LogP) is 3.47. The van der Waals surface area contributed by atoms with Crippen LogP contribution in [0.2, 0.25) is 0 Å². The predicted molar refractivity (Wildman–Crippen MR) is 119 cm³/mol. The van der Waals surface area contributed by atoms with E-state index in [1.807, 2.05) is 47.5 Å². The molecule has 0 saturated carbocycles. The lowest BCUT2D eigenvalue weighted by molar-refractivity contribution is -0.135. The van der Waals surface area contributed by atoms with Crippen LogP contribution in [-0.4, -0.2) is 58.0 Å². The second-order valence-corrected chi connectivity index (χ2v) is 8.91. The molecule has 30 heavy (non-hydrogen) atoms. The first kappa shape index (κ1) is 19.3. The van der Waals surface area contributed by atoms with Gasteiger partial charge in [0.15, 0.2) is 0 Å². The summed E-state index contributed by atoms with van der Waals surface area (Å²) in [5.41, 5.74) is 4.71. The number of aliphatic hydroxyl groups is 1. The lowest BCUT2D eigenvalue weighted by Gasteiger charge is -2.42. The normalized spacial score (nSPS) is 17.6. The van der Waals surface area contributed by atoms with Gasteiger partial charge in [0.05, 0.1) is 18.0 Å². The molecule has 2 aliphatic heterocycles. The Balaban J connectivity index is 1.18. The average Bonchev–Trinajstić information content (AvgIpc) is 2.72. The van der Waals surface area contributed by atoms with E-state index < -0.39 is 5.92 Å². The highest BCUT2D eigenvalue weighted by Gasteiger charge is 2.35. The first-order valence-corrected chi connectivity index (χ1v) is 10.9. The van der Waals surface area contributed by atoms with Crippen molar-refractivity contribution in [1.82, 2.24) is 14.2 Å². The molecule has 2 fully saturated rings. The van der Waals surface area contributed by atoms with E-state index in [0.717, 1.165) is 29.6 Å². The van der Waals surface area contributed by atoms with E-state index in [-0.39, 0.29) is 12.5 Å². The van der Waals surface area contributed by atoms with Gasteiger partial charge >= 0.3 is 0 Å². The maximum absolute atomic E-state index is 12.8. The molecule has 3 heterocycles. The molecule has 0 aliphatic carbocycles. The fraction of sp³-hybridized carbons (Fsp3) is 0.250. The second kappa shape index (κ2) is 8.22. The topological polar surface area (TPSA) is 56.7 Å². The van der Waals surface area contributed by atoms with E-state index in [0.29, 0.717) is 13.1 Å². The summed E-state index contributed by atoms with van der Waals surface area (Å²) in [4.78, 5) is 20.3. The van der Waals surface area contributed by atoms with Crippen LogP contribution in [-0.2, 0) is 4.79 Å². The summed E-state index contributed by atoms with van der Waals surface area (Å²) in [6, 6.07) is 19.9. The van der Waals surface area contributed by atoms with E-state index in [9.17, 15) is 9.90 Å². The van der Waals surface area contributed by atoms with Gasteiger partial charge in [-0.15, -0.1) is 0 Å². The highest BCUT2D eigenvalue weighted by molar-refractivity contribution is 7.97. The van der Waals surface area contributed by atoms with Gasteiger partial charge in [-0.05, 0) is 40.8 Å². The van der Waals surface area contributed by atoms with Gasteiger partial charge in [0.2, 0.25) is 5.91 Å². The lowest BCUT2D eigenvalue weighted by Crippen LogP contribution is -2.50. The third kappa shape index (κ3) is 3.62. The molecule has 6 heteroatoms. The molecule has 5 rings (SSSR count). The largest absolute Gasteiger partial charge is 0.395 e. The number of para-hydroxylation sites is 1. The van der Waals surface area contributed by atoms with Crippen molar-refractivity contribution in [3.05, 3.63) is 83.6 Å². The fourth-order valence-corrected chi connectivity index (χ4v) is 5.10. The van der Waals surface area contributed by atoms with E-state index in [1.165, 1.54) is 16.0 Å². The van der Waals surface area contributed by atoms with Crippen molar-refractivity contribution in [2.45, 2.75) is 10.8 Å². The van der Waals surface area contributed by atoms with E-state index in [2.05, 4.69) is 33.6 Å². The molecule has 0 radical (unpaired) electrons. The van der Waals surface area contributed by atoms with Crippen molar-refractivity contribution in [2.24, 2.45) is 0 Å². The first-order valence-electron chi connectivity index (χ1n) is 10.1. The van der Waals surface area contributed by atoms with E-state index in [4.69, 9.17) is 0 Å². The molecule has 3 aromatic rings. The summed E-state index contributed by atoms with van der Waals surface area (Å²) in [5.74, 6) is -0.453. The summed E-state index contributed by atoms with van der Waals surface area (Å²) in [6.45, 7) is 3.06. The maximum Gasteiger partial charge on any atom is 0.233 e. The molecular formula is C24H23N3O2S. The third-order valence-electron chi connectivity index (χ3n) is 5.82. The lowest BCUT2D eigenvalue weighted by atomic mass is 9.92. The molecule has 0 spiro atoms. The molecule has 152 valence electrons. The highest BCUT2D eigenvalue weighted by Crippen LogP contribution is 2.36. The minimum atomic E-state index is -0.468. The zero-order valence-corrected chi connectivity index (χ0v) is 17.4. The molecule has 2 aromatic carbocycles. The highest BCUT2D eigenvalue weighted by atomic mass is 32.2. The van der Waals surface area contributed by atoms with Crippen molar-refractivity contribution in [1.29, 1.82) is 0 Å². The van der Waals surface area contributed by atoms with Crippen LogP contribution in [0.1, 0.15) is 11.5 Å². The van der Waals surface area contributed by atoms with Crippen molar-refractivity contribution in [2.75, 3.05) is 32.8 Å². The van der Waals surface area contributed by atoms with Crippen LogP contribution in [0, 0.1) is 0 Å². The summed E-state index contributed by atoms with van der Waals surface area (Å²) in [6.07, 6.45) is 1.84. The van der Waals surface area contributed by atoms with Gasteiger partial charge in [0.1, 0.15) is 0 Å². The van der Waals surface area contributed by atoms with Crippen LogP contribution in [0.15, 0.2) is 82.9 Å². The number of likely N-dealkylation sites (tertiary alicyclic amines) is 1. The Kier molecular flexibility index (Phi) is 5.29. The van der Waals surface area contributed by atoms with Crippen molar-refractivity contribution in [3.63, 3.8) is 0 Å². The number of amides is 1. The van der Waals surface area contributed by atoms with Gasteiger partial charge in [-0.25, -0.2) is 4.31 Å². The maximum atomic E-state index is 12.8. The summed E-state index contributed by atoms with van der Waals surface area (Å²) < 4.78 is 2.33. The Morgan fingerprint density at radius 1 is 0.967 bits per heavy atom. The molecule has 1 unspecified atom stereocenters. The third-order valence-corrected chi connectivity index (χ3v) is 6.86. The molecule has 1 N–H and O–H groups in total. The monoisotopic (exact) mass is 417 g/mol. The molecule has 1 aromatic heterocycles. The molecule has 0 bridgehead atoms. The van der Waals surface area contributed by atoms with Gasteiger partial charge in [-0.1, -0.05) is 48.5 Å². The van der Waals surface area contributed by atoms with Crippen LogP contribution < -0.4 is 0 Å². The minimum Gasteiger partial charge on any atom is -0.395 e. The standard InChI is InChI=1S/C24H23N3O2S/c28-16-21(17-6-2-1-3-7-17)24(29)26-12-19(13-26)20-14-27(15-20)30-22-10-4-8-18-9-5-11-25-23(18)22/h1-11,21,28H,12-16H2. The summed E-state index contributed by atoms with van der Waals surface area (Å²) in [7, 11) is 0. The van der Waals surface area contributed by atoms with Gasteiger partial charge in [0.25, 0.3) is 0 Å². The average molecular weight is 418 g/mol. The summed E-state index contributed by atoms with van der Waals surface area (Å²) >= 11 is 1.75. The van der Waals surface area contributed by atoms with Crippen molar-refractivity contribution in [3.8, 4) is 0 Å². The summed E-state index contributed by atoms with van der Waals surface area (Å²) in [5, 5.41) is 10.9. The van der Waals surface area contributed by atoms with Crippen LogP contribution in [0.5, 0.6) is 0 Å². The number of rotatable bonds is 5. The SMILES string of the molecule is O=C(C(CO)c1ccccc1)N1CC(=C2CN(Sc3cccc4cccnc34)C2)C1. The Labute approximate surface area is 180 Å². The number of benzene rings is 2. The van der Waals surface area contributed by atoms with Crippen LogP contribution in [0.25, 0.3) is 10.9 Å². The number of nitrogens with zero attached hydrogens (tertiary/aromatic N) is 3. The Bertz CT molecular complexity index is 1090. The fourth-order valence-electron chi connectivity index (χ4n) is 3.98. The molecule has 1 atom stereocenters. The van der Waals surface area contributed by atoms with E-state index >= 15 is 0 Å². The van der Waals surface area contributed by atoms with Crippen LogP contribution >= 0.6 is 11.9 Å². The minimum absolute atomic E-state index is 0.0143. The number of pyridine rings is 1. The van der Waals surface area contributed by atoms with Crippen molar-refractivity contribution >= 4 is 28.8 Å². The number of hydrogen-bond acceptors (Lipinski definition) is 5. The molecule has 2 aliphatic rings. The van der Waals surface area contributed by atoms with Gasteiger partial charge in [0, 0.05) is 42.7 Å². The first-order chi connectivity index (χ1) is 14.7. The number of fused-ring (bicyclic) bond motifs is 1. The number of carbonyl (C=O) groups is 1. The number of hydrogen-bond donors (Lipinski definition) is 1. The Morgan fingerprint density at radius 3 is 2.47 bits per heavy atom. The molecule has 1 amide bonds. The number of aromatic nitrogens is 1. The smallest absolute Gasteiger partial charge is 0.233 e. The van der Waals surface area contributed by atoms with Crippen LogP contribution in [0.4, 0.5) is 0 Å². The van der Waals surface area contributed by atoms with Gasteiger partial charge in [-0.2, -0.15) is 0 Å². The second-order valence-electron chi connectivity index (χ2n) is 7.77. The molecule has 2 saturated heterocycles. The van der Waals surface area contributed by atoms with Gasteiger partial charge < -0.3 is 10.0 Å². The Hall–Kier alpha value is -2.67. The van der Waals surface area contributed by atoms with Crippen molar-refractivity contribution < 1.29 is 9.90 Å². The number of aliphatic hydroxyl groups excluding tert-OH is 1.